The van der Waals surface area contributed by atoms with Crippen molar-refractivity contribution in [2.24, 2.45) is 0 Å². The number of rotatable bonds is 1. The maximum absolute atomic E-state index is 5.46. The van der Waals surface area contributed by atoms with Gasteiger partial charge in [-0.2, -0.15) is 0 Å². The largest absolute Gasteiger partial charge is 0.464 e. The molecule has 0 saturated carbocycles. The molecule has 1 aliphatic rings. The van der Waals surface area contributed by atoms with Crippen molar-refractivity contribution >= 4 is 16.7 Å². The second-order valence-corrected chi connectivity index (χ2v) is 4.34. The first-order valence-electron chi connectivity index (χ1n) is 5.78. The van der Waals surface area contributed by atoms with Gasteiger partial charge in [-0.25, -0.2) is 0 Å². The van der Waals surface area contributed by atoms with Gasteiger partial charge in [-0.3, -0.25) is 0 Å². The van der Waals surface area contributed by atoms with E-state index in [1.165, 1.54) is 16.6 Å². The third kappa shape index (κ3) is 1.57. The molecule has 1 aliphatic heterocycles. The molecule has 16 heavy (non-hydrogen) atoms. The lowest BCUT2D eigenvalue weighted by Gasteiger charge is -2.29. The Balaban J connectivity index is 1.99. The minimum atomic E-state index is 0.983. The Morgan fingerprint density at radius 3 is 2.88 bits per heavy atom. The summed E-state index contributed by atoms with van der Waals surface area (Å²) in [6.45, 7) is 6.41. The summed E-state index contributed by atoms with van der Waals surface area (Å²) < 4.78 is 5.46. The molecule has 0 radical (unpaired) electrons. The van der Waals surface area contributed by atoms with Crippen LogP contribution in [0, 0.1) is 6.92 Å². The molecule has 84 valence electrons. The number of nitrogens with zero attached hydrogens (tertiary/aromatic N) is 1. The summed E-state index contributed by atoms with van der Waals surface area (Å²) in [5, 5.41) is 4.60. The lowest BCUT2D eigenvalue weighted by Crippen LogP contribution is -2.43. The number of aryl methyl sites for hydroxylation is 1. The van der Waals surface area contributed by atoms with E-state index in [4.69, 9.17) is 4.42 Å². The fraction of sp³-hybridized carbons (Fsp3) is 0.385. The molecule has 0 bridgehead atoms. The number of piperazine rings is 1. The summed E-state index contributed by atoms with van der Waals surface area (Å²) in [6, 6.07) is 6.45. The van der Waals surface area contributed by atoms with Crippen molar-refractivity contribution in [1.82, 2.24) is 5.32 Å². The van der Waals surface area contributed by atoms with Gasteiger partial charge in [0.2, 0.25) is 0 Å². The fourth-order valence-electron chi connectivity index (χ4n) is 2.26. The quantitative estimate of drug-likeness (QED) is 0.791. The highest BCUT2D eigenvalue weighted by Gasteiger charge is 2.11. The number of fused-ring (bicyclic) bond motifs is 1. The van der Waals surface area contributed by atoms with Gasteiger partial charge in [-0.15, -0.1) is 0 Å². The molecule has 3 rings (SSSR count). The Morgan fingerprint density at radius 1 is 1.25 bits per heavy atom. The second-order valence-electron chi connectivity index (χ2n) is 4.34. The predicted molar refractivity (Wildman–Crippen MR) is 66.0 cm³/mol. The lowest BCUT2D eigenvalue weighted by atomic mass is 10.1. The summed E-state index contributed by atoms with van der Waals surface area (Å²) in [7, 11) is 0. The second kappa shape index (κ2) is 3.83. The van der Waals surface area contributed by atoms with E-state index < -0.39 is 0 Å². The molecule has 0 unspecified atom stereocenters. The monoisotopic (exact) mass is 216 g/mol. The average molecular weight is 216 g/mol. The molecule has 0 atom stereocenters. The van der Waals surface area contributed by atoms with E-state index in [9.17, 15) is 0 Å². The zero-order valence-corrected chi connectivity index (χ0v) is 9.49. The molecular weight excluding hydrogens is 200 g/mol. The zero-order chi connectivity index (χ0) is 11.0. The molecule has 2 aromatic rings. The SMILES string of the molecule is Cc1coc2ccc(N3CCNCC3)cc12. The van der Waals surface area contributed by atoms with Gasteiger partial charge in [-0.1, -0.05) is 0 Å². The third-order valence-corrected chi connectivity index (χ3v) is 3.23. The van der Waals surface area contributed by atoms with Crippen molar-refractivity contribution in [3.05, 3.63) is 30.0 Å². The number of furan rings is 1. The van der Waals surface area contributed by atoms with E-state index in [0.29, 0.717) is 0 Å². The highest BCUT2D eigenvalue weighted by molar-refractivity contribution is 5.84. The normalized spacial score (nSPS) is 16.9. The van der Waals surface area contributed by atoms with Crippen LogP contribution in [0.1, 0.15) is 5.56 Å². The van der Waals surface area contributed by atoms with Crippen LogP contribution < -0.4 is 10.2 Å². The summed E-state index contributed by atoms with van der Waals surface area (Å²) in [6.07, 6.45) is 1.83. The van der Waals surface area contributed by atoms with Gasteiger partial charge in [0.25, 0.3) is 0 Å². The Kier molecular flexibility index (Phi) is 2.33. The minimum Gasteiger partial charge on any atom is -0.464 e. The molecular formula is C13H16N2O. The van der Waals surface area contributed by atoms with Gasteiger partial charge < -0.3 is 14.6 Å². The maximum atomic E-state index is 5.46. The molecule has 1 fully saturated rings. The molecule has 1 aromatic heterocycles. The number of benzene rings is 1. The highest BCUT2D eigenvalue weighted by atomic mass is 16.3. The van der Waals surface area contributed by atoms with Crippen LogP contribution in [-0.2, 0) is 0 Å². The van der Waals surface area contributed by atoms with Crippen LogP contribution >= 0.6 is 0 Å². The third-order valence-electron chi connectivity index (χ3n) is 3.23. The Labute approximate surface area is 95.0 Å². The molecule has 1 N–H and O–H groups in total. The van der Waals surface area contributed by atoms with Crippen LogP contribution in [0.5, 0.6) is 0 Å². The Morgan fingerprint density at radius 2 is 2.06 bits per heavy atom. The number of hydrogen-bond acceptors (Lipinski definition) is 3. The van der Waals surface area contributed by atoms with Gasteiger partial charge in [0.1, 0.15) is 5.58 Å². The van der Waals surface area contributed by atoms with E-state index in [2.05, 4.69) is 35.3 Å². The average Bonchev–Trinajstić information content (AvgIpc) is 2.72. The molecule has 1 saturated heterocycles. The van der Waals surface area contributed by atoms with E-state index >= 15 is 0 Å². The molecule has 0 amide bonds. The van der Waals surface area contributed by atoms with Gasteiger partial charge in [0, 0.05) is 37.3 Å². The van der Waals surface area contributed by atoms with Crippen LogP contribution in [-0.4, -0.2) is 26.2 Å². The van der Waals surface area contributed by atoms with Crippen molar-refractivity contribution in [2.75, 3.05) is 31.1 Å². The highest BCUT2D eigenvalue weighted by Crippen LogP contribution is 2.26. The van der Waals surface area contributed by atoms with Crippen LogP contribution in [0.3, 0.4) is 0 Å². The molecule has 3 heteroatoms. The van der Waals surface area contributed by atoms with Crippen molar-refractivity contribution < 1.29 is 4.42 Å². The minimum absolute atomic E-state index is 0.983. The van der Waals surface area contributed by atoms with E-state index in [-0.39, 0.29) is 0 Å². The number of anilines is 1. The lowest BCUT2D eigenvalue weighted by molar-refractivity contribution is 0.589. The zero-order valence-electron chi connectivity index (χ0n) is 9.49. The summed E-state index contributed by atoms with van der Waals surface area (Å²) in [5.41, 5.74) is 3.50. The van der Waals surface area contributed by atoms with Gasteiger partial charge in [0.05, 0.1) is 6.26 Å². The van der Waals surface area contributed by atoms with Gasteiger partial charge in [0.15, 0.2) is 0 Å². The first-order valence-corrected chi connectivity index (χ1v) is 5.78. The molecule has 3 nitrogen and oxygen atoms in total. The standard InChI is InChI=1S/C13H16N2O/c1-10-9-16-13-3-2-11(8-12(10)13)15-6-4-14-5-7-15/h2-3,8-9,14H,4-7H2,1H3. The molecule has 0 aliphatic carbocycles. The van der Waals surface area contributed by atoms with Crippen molar-refractivity contribution in [3.63, 3.8) is 0 Å². The Hall–Kier alpha value is -1.48. The van der Waals surface area contributed by atoms with Crippen LogP contribution in [0.4, 0.5) is 5.69 Å². The smallest absolute Gasteiger partial charge is 0.134 e. The summed E-state index contributed by atoms with van der Waals surface area (Å²) in [4.78, 5) is 2.42. The van der Waals surface area contributed by atoms with E-state index in [1.54, 1.807) is 0 Å². The van der Waals surface area contributed by atoms with Gasteiger partial charge in [-0.05, 0) is 30.7 Å². The van der Waals surface area contributed by atoms with Crippen LogP contribution in [0.25, 0.3) is 11.0 Å². The molecule has 2 heterocycles. The van der Waals surface area contributed by atoms with E-state index in [0.717, 1.165) is 31.8 Å². The van der Waals surface area contributed by atoms with Crippen molar-refractivity contribution in [3.8, 4) is 0 Å². The molecule has 1 aromatic carbocycles. The van der Waals surface area contributed by atoms with Crippen LogP contribution in [0.15, 0.2) is 28.9 Å². The van der Waals surface area contributed by atoms with Crippen molar-refractivity contribution in [2.45, 2.75) is 6.92 Å². The van der Waals surface area contributed by atoms with Crippen LogP contribution in [0.2, 0.25) is 0 Å². The first kappa shape index (κ1) is 9.73. The molecule has 0 spiro atoms. The number of hydrogen-bond donors (Lipinski definition) is 1. The summed E-state index contributed by atoms with van der Waals surface area (Å²) in [5.74, 6) is 0. The predicted octanol–water partition coefficient (Wildman–Crippen LogP) is 2.15. The topological polar surface area (TPSA) is 28.4 Å². The van der Waals surface area contributed by atoms with Gasteiger partial charge >= 0.3 is 0 Å². The fourth-order valence-corrected chi connectivity index (χ4v) is 2.26. The first-order chi connectivity index (χ1) is 7.84. The van der Waals surface area contributed by atoms with E-state index in [1.807, 2.05) is 6.26 Å². The maximum Gasteiger partial charge on any atom is 0.134 e. The van der Waals surface area contributed by atoms with Crippen molar-refractivity contribution in [1.29, 1.82) is 0 Å². The summed E-state index contributed by atoms with van der Waals surface area (Å²) >= 11 is 0. The number of nitrogens with one attached hydrogen (secondary N) is 1. The Bertz CT molecular complexity index is 498.